The van der Waals surface area contributed by atoms with Crippen LogP contribution in [-0.2, 0) is 0 Å². The Bertz CT molecular complexity index is 550. The zero-order valence-corrected chi connectivity index (χ0v) is 8.46. The minimum atomic E-state index is -0.606. The molecule has 0 bridgehead atoms. The maximum absolute atomic E-state index is 10.9. The first kappa shape index (κ1) is 10.1. The van der Waals surface area contributed by atoms with E-state index in [0.29, 0.717) is 5.75 Å². The molecule has 0 saturated heterocycles. The molecular weight excluding hydrogens is 218 g/mol. The van der Waals surface area contributed by atoms with Crippen molar-refractivity contribution in [1.82, 2.24) is 10.3 Å². The fraction of sp³-hybridized carbons (Fsp3) is 0.250. The topological polar surface area (TPSA) is 101 Å². The van der Waals surface area contributed by atoms with Crippen molar-refractivity contribution in [3.8, 4) is 11.5 Å². The maximum Gasteiger partial charge on any atom is 0.342 e. The summed E-state index contributed by atoms with van der Waals surface area (Å²) in [7, 11) is 2.73. The summed E-state index contributed by atoms with van der Waals surface area (Å²) in [6.07, 6.45) is 0. The molecule has 0 aliphatic rings. The fourth-order valence-corrected chi connectivity index (χ4v) is 1.37. The number of rotatable bonds is 3. The van der Waals surface area contributed by atoms with E-state index in [-0.39, 0.29) is 22.5 Å². The third-order valence-corrected chi connectivity index (χ3v) is 2.06. The van der Waals surface area contributed by atoms with Crippen LogP contribution in [0.4, 0.5) is 5.69 Å². The van der Waals surface area contributed by atoms with Crippen molar-refractivity contribution in [1.29, 1.82) is 0 Å². The first-order valence-electron chi connectivity index (χ1n) is 4.20. The van der Waals surface area contributed by atoms with Gasteiger partial charge in [-0.15, -0.1) is 0 Å². The Morgan fingerprint density at radius 3 is 2.44 bits per heavy atom. The van der Waals surface area contributed by atoms with Crippen molar-refractivity contribution in [2.24, 2.45) is 0 Å². The second-order valence-corrected chi connectivity index (χ2v) is 2.85. The van der Waals surface area contributed by atoms with Gasteiger partial charge in [0, 0.05) is 6.07 Å². The van der Waals surface area contributed by atoms with E-state index in [1.165, 1.54) is 20.3 Å². The molecule has 1 aromatic heterocycles. The van der Waals surface area contributed by atoms with Gasteiger partial charge in [0.2, 0.25) is 11.3 Å². The summed E-state index contributed by atoms with van der Waals surface area (Å²) in [6, 6.07) is 1.37. The molecule has 8 heteroatoms. The molecule has 2 rings (SSSR count). The van der Waals surface area contributed by atoms with Gasteiger partial charge in [-0.3, -0.25) is 10.1 Å². The van der Waals surface area contributed by atoms with Crippen LogP contribution >= 0.6 is 0 Å². The lowest BCUT2D eigenvalue weighted by molar-refractivity contribution is -0.384. The van der Waals surface area contributed by atoms with E-state index < -0.39 is 4.92 Å². The number of hydrogen-bond donors (Lipinski definition) is 0. The average molecular weight is 225 g/mol. The number of methoxy groups -OCH3 is 2. The second-order valence-electron chi connectivity index (χ2n) is 2.85. The molecule has 0 amide bonds. The zero-order valence-electron chi connectivity index (χ0n) is 8.46. The molecule has 0 saturated carbocycles. The van der Waals surface area contributed by atoms with Crippen LogP contribution in [0.3, 0.4) is 0 Å². The number of ether oxygens (including phenoxy) is 2. The normalized spacial score (nSPS) is 10.4. The monoisotopic (exact) mass is 225 g/mol. The lowest BCUT2D eigenvalue weighted by atomic mass is 10.2. The number of aromatic nitrogens is 2. The smallest absolute Gasteiger partial charge is 0.342 e. The molecule has 0 aliphatic heterocycles. The summed E-state index contributed by atoms with van der Waals surface area (Å²) >= 11 is 0. The summed E-state index contributed by atoms with van der Waals surface area (Å²) in [5.41, 5.74) is -0.101. The molecule has 0 atom stereocenters. The molecule has 0 fully saturated rings. The van der Waals surface area contributed by atoms with Crippen LogP contribution < -0.4 is 9.47 Å². The standard InChI is InChI=1S/C8H7N3O5/c1-14-4-3-5(15-2)8(11(12)13)7-6(4)9-16-10-7/h3H,1-2H3. The third-order valence-electron chi connectivity index (χ3n) is 2.06. The van der Waals surface area contributed by atoms with Gasteiger partial charge in [-0.05, 0) is 10.3 Å². The molecule has 2 aromatic rings. The molecule has 0 spiro atoms. The SMILES string of the molecule is COc1cc(OC)c2nonc2c1[N+](=O)[O-]. The number of nitro benzene ring substituents is 1. The largest absolute Gasteiger partial charge is 0.494 e. The fourth-order valence-electron chi connectivity index (χ4n) is 1.37. The quantitative estimate of drug-likeness (QED) is 0.570. The van der Waals surface area contributed by atoms with E-state index in [4.69, 9.17) is 9.47 Å². The van der Waals surface area contributed by atoms with Crippen molar-refractivity contribution < 1.29 is 19.0 Å². The first-order valence-corrected chi connectivity index (χ1v) is 4.20. The maximum atomic E-state index is 10.9. The first-order chi connectivity index (χ1) is 7.69. The lowest BCUT2D eigenvalue weighted by Crippen LogP contribution is -1.96. The Balaban J connectivity index is 2.85. The van der Waals surface area contributed by atoms with Gasteiger partial charge in [0.25, 0.3) is 0 Å². The van der Waals surface area contributed by atoms with Crippen molar-refractivity contribution >= 4 is 16.7 Å². The van der Waals surface area contributed by atoms with Gasteiger partial charge in [-0.1, -0.05) is 0 Å². The molecule has 84 valence electrons. The summed E-state index contributed by atoms with van der Waals surface area (Å²) in [6.45, 7) is 0. The van der Waals surface area contributed by atoms with Crippen LogP contribution in [-0.4, -0.2) is 29.5 Å². The van der Waals surface area contributed by atoms with Gasteiger partial charge < -0.3 is 9.47 Å². The Morgan fingerprint density at radius 2 is 1.88 bits per heavy atom. The highest BCUT2D eigenvalue weighted by molar-refractivity contribution is 5.91. The van der Waals surface area contributed by atoms with Gasteiger partial charge >= 0.3 is 5.69 Å². The van der Waals surface area contributed by atoms with Crippen molar-refractivity contribution in [2.75, 3.05) is 14.2 Å². The minimum absolute atomic E-state index is 0.00111. The van der Waals surface area contributed by atoms with Crippen LogP contribution in [0.1, 0.15) is 0 Å². The van der Waals surface area contributed by atoms with E-state index >= 15 is 0 Å². The molecule has 0 unspecified atom stereocenters. The van der Waals surface area contributed by atoms with Gasteiger partial charge in [-0.25, -0.2) is 4.63 Å². The number of hydrogen-bond acceptors (Lipinski definition) is 7. The van der Waals surface area contributed by atoms with Gasteiger partial charge in [0.15, 0.2) is 11.3 Å². The lowest BCUT2D eigenvalue weighted by Gasteiger charge is -2.04. The van der Waals surface area contributed by atoms with E-state index in [0.717, 1.165) is 0 Å². The molecular formula is C8H7N3O5. The van der Waals surface area contributed by atoms with Crippen LogP contribution in [0.15, 0.2) is 10.7 Å². The Hall–Kier alpha value is -2.38. The summed E-state index contributed by atoms with van der Waals surface area (Å²) in [5.74, 6) is 0.351. The van der Waals surface area contributed by atoms with E-state index in [1.54, 1.807) is 0 Å². The highest BCUT2D eigenvalue weighted by atomic mass is 16.6. The highest BCUT2D eigenvalue weighted by Crippen LogP contribution is 2.38. The predicted molar refractivity (Wildman–Crippen MR) is 51.6 cm³/mol. The van der Waals surface area contributed by atoms with Crippen molar-refractivity contribution in [3.63, 3.8) is 0 Å². The molecule has 0 radical (unpaired) electrons. The molecule has 8 nitrogen and oxygen atoms in total. The Morgan fingerprint density at radius 1 is 1.25 bits per heavy atom. The van der Waals surface area contributed by atoms with E-state index in [1.807, 2.05) is 0 Å². The van der Waals surface area contributed by atoms with Crippen molar-refractivity contribution in [2.45, 2.75) is 0 Å². The number of nitro groups is 1. The van der Waals surface area contributed by atoms with Gasteiger partial charge in [-0.2, -0.15) is 0 Å². The summed E-state index contributed by atoms with van der Waals surface area (Å²) in [5, 5.41) is 17.9. The summed E-state index contributed by atoms with van der Waals surface area (Å²) < 4.78 is 14.4. The van der Waals surface area contributed by atoms with E-state index in [2.05, 4.69) is 14.9 Å². The zero-order chi connectivity index (χ0) is 11.7. The Kier molecular flexibility index (Phi) is 2.31. The average Bonchev–Trinajstić information content (AvgIpc) is 2.74. The highest BCUT2D eigenvalue weighted by Gasteiger charge is 2.26. The Labute approximate surface area is 88.9 Å². The molecule has 16 heavy (non-hydrogen) atoms. The van der Waals surface area contributed by atoms with Crippen molar-refractivity contribution in [3.05, 3.63) is 16.2 Å². The van der Waals surface area contributed by atoms with Crippen LogP contribution in [0.25, 0.3) is 11.0 Å². The minimum Gasteiger partial charge on any atom is -0.494 e. The third kappa shape index (κ3) is 1.31. The van der Waals surface area contributed by atoms with E-state index in [9.17, 15) is 10.1 Å². The van der Waals surface area contributed by atoms with Crippen LogP contribution in [0.5, 0.6) is 11.5 Å². The molecule has 1 heterocycles. The number of nitrogens with zero attached hydrogens (tertiary/aromatic N) is 3. The molecule has 0 aliphatic carbocycles. The molecule has 0 N–H and O–H groups in total. The summed E-state index contributed by atoms with van der Waals surface area (Å²) in [4.78, 5) is 10.3. The molecule has 1 aromatic carbocycles. The second kappa shape index (κ2) is 3.65. The number of benzene rings is 1. The van der Waals surface area contributed by atoms with Gasteiger partial charge in [0.1, 0.15) is 0 Å². The van der Waals surface area contributed by atoms with Gasteiger partial charge in [0.05, 0.1) is 19.1 Å². The van der Waals surface area contributed by atoms with Crippen LogP contribution in [0, 0.1) is 10.1 Å². The predicted octanol–water partition coefficient (Wildman–Crippen LogP) is 1.15. The number of fused-ring (bicyclic) bond motifs is 1. The van der Waals surface area contributed by atoms with Crippen LogP contribution in [0.2, 0.25) is 0 Å².